The first kappa shape index (κ1) is 10.0. The first-order valence-corrected chi connectivity index (χ1v) is 3.71. The Bertz CT molecular complexity index is 295. The van der Waals surface area contributed by atoms with Gasteiger partial charge in [-0.2, -0.15) is 0 Å². The molecular formula is C8H10F2N2O. The van der Waals surface area contributed by atoms with Crippen LogP contribution in [0.4, 0.5) is 8.78 Å². The fraction of sp³-hybridized carbons (Fsp3) is 0.375. The van der Waals surface area contributed by atoms with Crippen LogP contribution in [0.1, 0.15) is 12.5 Å². The molecule has 72 valence electrons. The third-order valence-electron chi connectivity index (χ3n) is 1.79. The van der Waals surface area contributed by atoms with Crippen molar-refractivity contribution >= 4 is 0 Å². The highest BCUT2D eigenvalue weighted by Crippen LogP contribution is 2.24. The zero-order valence-corrected chi connectivity index (χ0v) is 7.09. The van der Waals surface area contributed by atoms with Crippen LogP contribution in [0.5, 0.6) is 0 Å². The van der Waals surface area contributed by atoms with E-state index in [9.17, 15) is 13.9 Å². The lowest BCUT2D eigenvalue weighted by molar-refractivity contribution is 0.0585. The molecule has 0 amide bonds. The van der Waals surface area contributed by atoms with Crippen LogP contribution in [0.3, 0.4) is 0 Å². The number of nitrogens with two attached hydrogens (primary N) is 1. The Labute approximate surface area is 74.2 Å². The summed E-state index contributed by atoms with van der Waals surface area (Å²) in [6.45, 7) is 0.985. The first-order valence-electron chi connectivity index (χ1n) is 3.71. The quantitative estimate of drug-likeness (QED) is 0.711. The molecule has 1 aromatic rings. The molecule has 0 saturated carbocycles. The van der Waals surface area contributed by atoms with Crippen LogP contribution in [-0.4, -0.2) is 16.6 Å². The lowest BCUT2D eigenvalue weighted by Crippen LogP contribution is -2.33. The number of halogens is 2. The fourth-order valence-electron chi connectivity index (χ4n) is 1.03. The predicted molar refractivity (Wildman–Crippen MR) is 42.8 cm³/mol. The van der Waals surface area contributed by atoms with E-state index in [-0.39, 0.29) is 6.54 Å². The smallest absolute Gasteiger partial charge is 0.150 e. The highest BCUT2D eigenvalue weighted by Gasteiger charge is 2.28. The standard InChI is InChI=1S/C8H10F2N2O/c1-8(13,4-11)7-5(9)2-12-3-6(7)10/h2-3,13H,4,11H2,1H3. The number of rotatable bonds is 2. The van der Waals surface area contributed by atoms with E-state index >= 15 is 0 Å². The fourth-order valence-corrected chi connectivity index (χ4v) is 1.03. The summed E-state index contributed by atoms with van der Waals surface area (Å²) in [4.78, 5) is 3.29. The maximum absolute atomic E-state index is 13.0. The van der Waals surface area contributed by atoms with Gasteiger partial charge in [0.1, 0.15) is 5.60 Å². The minimum atomic E-state index is -1.70. The Morgan fingerprint density at radius 3 is 2.31 bits per heavy atom. The van der Waals surface area contributed by atoms with E-state index in [4.69, 9.17) is 5.73 Å². The molecule has 0 aliphatic heterocycles. The molecule has 13 heavy (non-hydrogen) atoms. The largest absolute Gasteiger partial charge is 0.384 e. The molecule has 3 N–H and O–H groups in total. The van der Waals surface area contributed by atoms with Gasteiger partial charge in [-0.25, -0.2) is 8.78 Å². The molecule has 1 unspecified atom stereocenters. The average molecular weight is 188 g/mol. The molecule has 0 aromatic carbocycles. The summed E-state index contributed by atoms with van der Waals surface area (Å²) >= 11 is 0. The van der Waals surface area contributed by atoms with E-state index in [1.807, 2.05) is 0 Å². The van der Waals surface area contributed by atoms with Gasteiger partial charge in [-0.05, 0) is 6.92 Å². The van der Waals surface area contributed by atoms with Gasteiger partial charge in [0.2, 0.25) is 0 Å². The lowest BCUT2D eigenvalue weighted by atomic mass is 9.96. The van der Waals surface area contributed by atoms with Gasteiger partial charge < -0.3 is 10.8 Å². The minimum absolute atomic E-state index is 0.259. The van der Waals surface area contributed by atoms with E-state index in [2.05, 4.69) is 4.98 Å². The molecule has 0 fully saturated rings. The molecule has 0 bridgehead atoms. The highest BCUT2D eigenvalue weighted by atomic mass is 19.1. The van der Waals surface area contributed by atoms with Gasteiger partial charge in [0.25, 0.3) is 0 Å². The van der Waals surface area contributed by atoms with Gasteiger partial charge in [-0.3, -0.25) is 4.98 Å². The Hall–Kier alpha value is -1.07. The third kappa shape index (κ3) is 1.81. The van der Waals surface area contributed by atoms with E-state index in [1.165, 1.54) is 6.92 Å². The van der Waals surface area contributed by atoms with Crippen molar-refractivity contribution in [1.82, 2.24) is 4.98 Å². The zero-order chi connectivity index (χ0) is 10.1. The number of pyridine rings is 1. The van der Waals surface area contributed by atoms with Crippen LogP contribution < -0.4 is 5.73 Å². The SMILES string of the molecule is CC(O)(CN)c1c(F)cncc1F. The lowest BCUT2D eigenvalue weighted by Gasteiger charge is -2.22. The van der Waals surface area contributed by atoms with Crippen LogP contribution in [0.15, 0.2) is 12.4 Å². The molecule has 0 spiro atoms. The zero-order valence-electron chi connectivity index (χ0n) is 7.09. The Morgan fingerprint density at radius 1 is 1.46 bits per heavy atom. The van der Waals surface area contributed by atoms with Crippen molar-refractivity contribution in [3.63, 3.8) is 0 Å². The summed E-state index contributed by atoms with van der Waals surface area (Å²) in [6.07, 6.45) is 1.67. The predicted octanol–water partition coefficient (Wildman–Crippen LogP) is 0.526. The van der Waals surface area contributed by atoms with Crippen LogP contribution in [0.25, 0.3) is 0 Å². The normalized spacial score (nSPS) is 15.5. The summed E-state index contributed by atoms with van der Waals surface area (Å²) in [5.74, 6) is -1.79. The van der Waals surface area contributed by atoms with E-state index in [1.54, 1.807) is 0 Å². The van der Waals surface area contributed by atoms with Crippen LogP contribution >= 0.6 is 0 Å². The van der Waals surface area contributed by atoms with E-state index in [0.717, 1.165) is 12.4 Å². The van der Waals surface area contributed by atoms with Crippen LogP contribution in [0, 0.1) is 11.6 Å². The van der Waals surface area contributed by atoms with Gasteiger partial charge in [0.15, 0.2) is 11.6 Å². The summed E-state index contributed by atoms with van der Waals surface area (Å²) < 4.78 is 26.0. The molecule has 0 saturated heterocycles. The first-order chi connectivity index (χ1) is 5.99. The van der Waals surface area contributed by atoms with Crippen molar-refractivity contribution in [2.45, 2.75) is 12.5 Å². The Kier molecular flexibility index (Phi) is 2.58. The second-order valence-electron chi connectivity index (χ2n) is 2.96. The van der Waals surface area contributed by atoms with E-state index in [0.29, 0.717) is 0 Å². The topological polar surface area (TPSA) is 59.1 Å². The number of hydrogen-bond acceptors (Lipinski definition) is 3. The second kappa shape index (κ2) is 3.35. The minimum Gasteiger partial charge on any atom is -0.384 e. The van der Waals surface area contributed by atoms with Crippen molar-refractivity contribution in [2.24, 2.45) is 5.73 Å². The molecule has 0 radical (unpaired) electrons. The molecule has 1 atom stereocenters. The Balaban J connectivity index is 3.28. The average Bonchev–Trinajstić information content (AvgIpc) is 2.03. The number of aromatic nitrogens is 1. The van der Waals surface area contributed by atoms with E-state index < -0.39 is 22.8 Å². The van der Waals surface area contributed by atoms with Gasteiger partial charge in [0.05, 0.1) is 18.0 Å². The van der Waals surface area contributed by atoms with Gasteiger partial charge in [-0.15, -0.1) is 0 Å². The van der Waals surface area contributed by atoms with Gasteiger partial charge >= 0.3 is 0 Å². The van der Waals surface area contributed by atoms with Gasteiger partial charge in [-0.1, -0.05) is 0 Å². The number of nitrogens with zero attached hydrogens (tertiary/aromatic N) is 1. The highest BCUT2D eigenvalue weighted by molar-refractivity contribution is 5.22. The number of aliphatic hydroxyl groups is 1. The molecule has 5 heteroatoms. The number of hydrogen-bond donors (Lipinski definition) is 2. The van der Waals surface area contributed by atoms with Crippen molar-refractivity contribution < 1.29 is 13.9 Å². The summed E-state index contributed by atoms with van der Waals surface area (Å²) in [5.41, 5.74) is 3.04. The molecule has 3 nitrogen and oxygen atoms in total. The molecule has 1 aromatic heterocycles. The maximum atomic E-state index is 13.0. The second-order valence-corrected chi connectivity index (χ2v) is 2.96. The third-order valence-corrected chi connectivity index (χ3v) is 1.79. The summed E-state index contributed by atoms with van der Waals surface area (Å²) in [5, 5.41) is 9.52. The maximum Gasteiger partial charge on any atom is 0.150 e. The van der Waals surface area contributed by atoms with Gasteiger partial charge in [0, 0.05) is 6.54 Å². The summed E-state index contributed by atoms with van der Waals surface area (Å²) in [7, 11) is 0. The van der Waals surface area contributed by atoms with Crippen LogP contribution in [-0.2, 0) is 5.60 Å². The monoisotopic (exact) mass is 188 g/mol. The van der Waals surface area contributed by atoms with Crippen molar-refractivity contribution in [3.8, 4) is 0 Å². The molecular weight excluding hydrogens is 178 g/mol. The Morgan fingerprint density at radius 2 is 1.92 bits per heavy atom. The van der Waals surface area contributed by atoms with Crippen molar-refractivity contribution in [3.05, 3.63) is 29.6 Å². The molecule has 1 heterocycles. The van der Waals surface area contributed by atoms with Crippen molar-refractivity contribution in [2.75, 3.05) is 6.54 Å². The van der Waals surface area contributed by atoms with Crippen molar-refractivity contribution in [1.29, 1.82) is 0 Å². The summed E-state index contributed by atoms with van der Waals surface area (Å²) in [6, 6.07) is 0. The molecule has 0 aliphatic carbocycles. The molecule has 1 rings (SSSR count). The van der Waals surface area contributed by atoms with Crippen LogP contribution in [0.2, 0.25) is 0 Å². The molecule has 0 aliphatic rings.